The van der Waals surface area contributed by atoms with Crippen molar-refractivity contribution >= 4 is 16.2 Å². The van der Waals surface area contributed by atoms with Gasteiger partial charge in [-0.3, -0.25) is 4.18 Å². The lowest BCUT2D eigenvalue weighted by Gasteiger charge is -2.33. The molecule has 0 saturated carbocycles. The maximum absolute atomic E-state index is 11.6. The molecule has 1 saturated heterocycles. The molecule has 2 rings (SSSR count). The summed E-state index contributed by atoms with van der Waals surface area (Å²) in [6.07, 6.45) is 2.94. The van der Waals surface area contributed by atoms with Crippen LogP contribution in [0.25, 0.3) is 0 Å². The van der Waals surface area contributed by atoms with Crippen LogP contribution in [0, 0.1) is 5.92 Å². The molecule has 0 radical (unpaired) electrons. The van der Waals surface area contributed by atoms with E-state index >= 15 is 0 Å². The van der Waals surface area contributed by atoms with Gasteiger partial charge < -0.3 is 10.0 Å². The van der Waals surface area contributed by atoms with Gasteiger partial charge in [0, 0.05) is 12.1 Å². The number of amides is 1. The summed E-state index contributed by atoms with van der Waals surface area (Å²) < 4.78 is 26.7. The number of rotatable bonds is 7. The number of carboxylic acid groups (broad SMARTS) is 1. The zero-order chi connectivity index (χ0) is 17.8. The van der Waals surface area contributed by atoms with Gasteiger partial charge in [-0.2, -0.15) is 8.42 Å². The summed E-state index contributed by atoms with van der Waals surface area (Å²) in [6.45, 7) is 2.62. The van der Waals surface area contributed by atoms with Crippen molar-refractivity contribution in [3.63, 3.8) is 0 Å². The van der Waals surface area contributed by atoms with Gasteiger partial charge in [0.25, 0.3) is 10.1 Å². The van der Waals surface area contributed by atoms with Crippen molar-refractivity contribution in [1.29, 1.82) is 0 Å². The van der Waals surface area contributed by atoms with E-state index in [1.165, 1.54) is 4.90 Å². The lowest BCUT2D eigenvalue weighted by Crippen LogP contribution is -2.45. The molecular formula is C17H25NO5S. The van der Waals surface area contributed by atoms with Crippen LogP contribution in [-0.2, 0) is 20.7 Å². The predicted molar refractivity (Wildman–Crippen MR) is 91.4 cm³/mol. The van der Waals surface area contributed by atoms with Gasteiger partial charge >= 0.3 is 6.09 Å². The Kier molecular flexibility index (Phi) is 5.87. The maximum atomic E-state index is 11.6. The molecular weight excluding hydrogens is 330 g/mol. The van der Waals surface area contributed by atoms with E-state index in [0.717, 1.165) is 24.7 Å². The Morgan fingerprint density at radius 2 is 2.04 bits per heavy atom. The summed E-state index contributed by atoms with van der Waals surface area (Å²) in [5.41, 5.74) is 0.683. The van der Waals surface area contributed by atoms with E-state index in [2.05, 4.69) is 0 Å². The summed E-state index contributed by atoms with van der Waals surface area (Å²) >= 11 is 0. The molecule has 1 heterocycles. The van der Waals surface area contributed by atoms with Crippen molar-refractivity contribution in [2.75, 3.05) is 19.4 Å². The zero-order valence-corrected chi connectivity index (χ0v) is 15.0. The van der Waals surface area contributed by atoms with Gasteiger partial charge in [0.2, 0.25) is 0 Å². The molecule has 24 heavy (non-hydrogen) atoms. The highest BCUT2D eigenvalue weighted by Gasteiger charge is 2.44. The molecule has 1 aromatic rings. The lowest BCUT2D eigenvalue weighted by molar-refractivity contribution is 0.109. The molecule has 0 aromatic heterocycles. The van der Waals surface area contributed by atoms with E-state index in [-0.39, 0.29) is 12.5 Å². The number of carbonyl (C=O) groups is 1. The van der Waals surface area contributed by atoms with Gasteiger partial charge in [0.15, 0.2) is 0 Å². The Hall–Kier alpha value is -1.60. The summed E-state index contributed by atoms with van der Waals surface area (Å²) in [5.74, 6) is 0.220. The molecule has 1 fully saturated rings. The van der Waals surface area contributed by atoms with E-state index in [9.17, 15) is 18.3 Å². The van der Waals surface area contributed by atoms with E-state index in [4.69, 9.17) is 4.18 Å². The molecule has 1 aliphatic rings. The highest BCUT2D eigenvalue weighted by atomic mass is 32.2. The Morgan fingerprint density at radius 3 is 2.62 bits per heavy atom. The van der Waals surface area contributed by atoms with Crippen LogP contribution in [0.4, 0.5) is 4.79 Å². The van der Waals surface area contributed by atoms with Gasteiger partial charge in [-0.1, -0.05) is 30.3 Å². The number of likely N-dealkylation sites (tertiary alicyclic amines) is 1. The topological polar surface area (TPSA) is 83.9 Å². The summed E-state index contributed by atoms with van der Waals surface area (Å²) in [5, 5.41) is 9.54. The predicted octanol–water partition coefficient (Wildman–Crippen LogP) is 2.74. The van der Waals surface area contributed by atoms with Gasteiger partial charge in [-0.05, 0) is 44.1 Å². The van der Waals surface area contributed by atoms with Gasteiger partial charge in [-0.25, -0.2) is 4.79 Å². The molecule has 0 aliphatic carbocycles. The number of benzene rings is 1. The van der Waals surface area contributed by atoms with Crippen LogP contribution in [0.2, 0.25) is 0 Å². The van der Waals surface area contributed by atoms with Crippen molar-refractivity contribution < 1.29 is 22.5 Å². The number of hydrogen-bond donors (Lipinski definition) is 1. The Morgan fingerprint density at radius 1 is 1.38 bits per heavy atom. The van der Waals surface area contributed by atoms with Crippen molar-refractivity contribution in [1.82, 2.24) is 4.90 Å². The molecule has 0 spiro atoms. The molecule has 134 valence electrons. The Labute approximate surface area is 143 Å². The quantitative estimate of drug-likeness (QED) is 0.600. The summed E-state index contributed by atoms with van der Waals surface area (Å²) in [6, 6.07) is 9.88. The second-order valence-corrected chi connectivity index (χ2v) is 8.43. The Balaban J connectivity index is 1.96. The van der Waals surface area contributed by atoms with Gasteiger partial charge in [-0.15, -0.1) is 0 Å². The lowest BCUT2D eigenvalue weighted by atomic mass is 9.86. The summed E-state index contributed by atoms with van der Waals surface area (Å²) in [4.78, 5) is 13.2. The van der Waals surface area contributed by atoms with Crippen LogP contribution in [0.5, 0.6) is 0 Å². The molecule has 2 atom stereocenters. The first-order chi connectivity index (χ1) is 11.2. The minimum atomic E-state index is -3.41. The highest BCUT2D eigenvalue weighted by molar-refractivity contribution is 7.85. The van der Waals surface area contributed by atoms with Gasteiger partial charge in [0.1, 0.15) is 0 Å². The average molecular weight is 355 g/mol. The minimum Gasteiger partial charge on any atom is -0.465 e. The summed E-state index contributed by atoms with van der Waals surface area (Å²) in [7, 11) is -3.41. The molecule has 2 unspecified atom stereocenters. The molecule has 1 amide bonds. The second-order valence-electron chi connectivity index (χ2n) is 6.79. The van der Waals surface area contributed by atoms with Crippen LogP contribution in [0.3, 0.4) is 0 Å². The Bertz CT molecular complexity index is 661. The van der Waals surface area contributed by atoms with Crippen molar-refractivity contribution in [2.24, 2.45) is 5.92 Å². The first-order valence-corrected chi connectivity index (χ1v) is 9.90. The fourth-order valence-corrected chi connectivity index (χ4v) is 3.98. The molecule has 1 aliphatic heterocycles. The third-order valence-corrected chi connectivity index (χ3v) is 5.13. The third kappa shape index (κ3) is 5.21. The molecule has 0 bridgehead atoms. The van der Waals surface area contributed by atoms with Crippen LogP contribution >= 0.6 is 0 Å². The highest BCUT2D eigenvalue weighted by Crippen LogP contribution is 2.37. The molecule has 6 nitrogen and oxygen atoms in total. The van der Waals surface area contributed by atoms with Crippen LogP contribution in [0.15, 0.2) is 30.3 Å². The van der Waals surface area contributed by atoms with E-state index in [0.29, 0.717) is 19.4 Å². The molecule has 1 aromatic carbocycles. The largest absolute Gasteiger partial charge is 0.465 e. The standard InChI is InChI=1S/C17H25NO5S/c1-17(11-14-7-4-3-5-8-14)12-15(13-18(17)16(19)20)9-6-10-23-24(2,21)22/h3-5,7-8,15H,6,9-13H2,1-2H3,(H,19,20). The van der Waals surface area contributed by atoms with E-state index < -0.39 is 21.8 Å². The number of hydrogen-bond acceptors (Lipinski definition) is 4. The molecule has 1 N–H and O–H groups in total. The van der Waals surface area contributed by atoms with Crippen LogP contribution < -0.4 is 0 Å². The van der Waals surface area contributed by atoms with Crippen LogP contribution in [0.1, 0.15) is 31.7 Å². The average Bonchev–Trinajstić information content (AvgIpc) is 2.80. The van der Waals surface area contributed by atoms with Gasteiger partial charge in [0.05, 0.1) is 12.9 Å². The van der Waals surface area contributed by atoms with Crippen molar-refractivity contribution in [3.8, 4) is 0 Å². The van der Waals surface area contributed by atoms with Crippen LogP contribution in [-0.4, -0.2) is 49.5 Å². The maximum Gasteiger partial charge on any atom is 0.407 e. The molecule has 7 heteroatoms. The monoisotopic (exact) mass is 355 g/mol. The smallest absolute Gasteiger partial charge is 0.407 e. The third-order valence-electron chi connectivity index (χ3n) is 4.53. The SMILES string of the molecule is CC1(Cc2ccccc2)CC(CCCOS(C)(=O)=O)CN1C(=O)O. The van der Waals surface area contributed by atoms with Crippen molar-refractivity contribution in [3.05, 3.63) is 35.9 Å². The number of nitrogens with zero attached hydrogens (tertiary/aromatic N) is 1. The zero-order valence-electron chi connectivity index (χ0n) is 14.1. The fraction of sp³-hybridized carbons (Fsp3) is 0.588. The second kappa shape index (κ2) is 7.53. The first kappa shape index (κ1) is 18.7. The van der Waals surface area contributed by atoms with Crippen molar-refractivity contribution in [2.45, 2.75) is 38.1 Å². The van der Waals surface area contributed by atoms with E-state index in [1.807, 2.05) is 37.3 Å². The van der Waals surface area contributed by atoms with E-state index in [1.54, 1.807) is 0 Å². The minimum absolute atomic E-state index is 0.151. The normalized spacial score (nSPS) is 24.2. The first-order valence-electron chi connectivity index (χ1n) is 8.08. The fourth-order valence-electron chi connectivity index (χ4n) is 3.56.